The van der Waals surface area contributed by atoms with Crippen molar-refractivity contribution in [2.45, 2.75) is 32.6 Å². The maximum atomic E-state index is 13.7. The number of benzene rings is 3. The Morgan fingerprint density at radius 2 is 1.62 bits per heavy atom. The summed E-state index contributed by atoms with van der Waals surface area (Å²) in [5, 5.41) is 0.774. The average Bonchev–Trinajstić information content (AvgIpc) is 3.27. The van der Waals surface area contributed by atoms with Gasteiger partial charge in [0.15, 0.2) is 5.75 Å². The van der Waals surface area contributed by atoms with Crippen LogP contribution in [0.3, 0.4) is 0 Å². The molecule has 1 aromatic heterocycles. The molecular weight excluding hydrogens is 530 g/mol. The number of hydrogen-bond donors (Lipinski definition) is 1. The molecule has 2 amide bonds. The fraction of sp³-hybridized carbons (Fsp3) is 0.233. The highest BCUT2D eigenvalue weighted by molar-refractivity contribution is 7.89. The third kappa shape index (κ3) is 5.48. The fourth-order valence-electron chi connectivity index (χ4n) is 4.86. The number of rotatable bonds is 10. The van der Waals surface area contributed by atoms with Crippen molar-refractivity contribution in [1.82, 2.24) is 9.71 Å². The highest BCUT2D eigenvalue weighted by Crippen LogP contribution is 2.45. The predicted molar refractivity (Wildman–Crippen MR) is 152 cm³/mol. The van der Waals surface area contributed by atoms with Gasteiger partial charge in [0.05, 0.1) is 37.5 Å². The van der Waals surface area contributed by atoms with Gasteiger partial charge in [0, 0.05) is 22.8 Å². The Bertz CT molecular complexity index is 1670. The van der Waals surface area contributed by atoms with Gasteiger partial charge in [0.2, 0.25) is 15.9 Å². The van der Waals surface area contributed by atoms with E-state index in [9.17, 15) is 18.0 Å². The SMILES string of the molecule is CCOc1c2c(c(OCC)c3ncccc13)C(=O)N(c1ccc(CS(=O)(=O)NC(=O)Cc3ccccc3)cc1)C2. The molecule has 4 aromatic rings. The van der Waals surface area contributed by atoms with Crippen LogP contribution in [0.15, 0.2) is 72.9 Å². The largest absolute Gasteiger partial charge is 0.493 e. The Balaban J connectivity index is 1.37. The van der Waals surface area contributed by atoms with Crippen molar-refractivity contribution in [2.24, 2.45) is 0 Å². The highest BCUT2D eigenvalue weighted by Gasteiger charge is 2.37. The van der Waals surface area contributed by atoms with Gasteiger partial charge in [-0.15, -0.1) is 0 Å². The van der Waals surface area contributed by atoms with E-state index in [0.29, 0.717) is 47.0 Å². The molecule has 1 aliphatic rings. The van der Waals surface area contributed by atoms with Gasteiger partial charge in [-0.3, -0.25) is 19.3 Å². The summed E-state index contributed by atoms with van der Waals surface area (Å²) in [6, 6.07) is 19.3. The van der Waals surface area contributed by atoms with Crippen molar-refractivity contribution in [1.29, 1.82) is 0 Å². The summed E-state index contributed by atoms with van der Waals surface area (Å²) in [7, 11) is -3.91. The molecule has 2 heterocycles. The van der Waals surface area contributed by atoms with Crippen molar-refractivity contribution in [3.63, 3.8) is 0 Å². The third-order valence-electron chi connectivity index (χ3n) is 6.50. The number of anilines is 1. The van der Waals surface area contributed by atoms with Crippen molar-refractivity contribution in [2.75, 3.05) is 18.1 Å². The van der Waals surface area contributed by atoms with E-state index < -0.39 is 15.9 Å². The maximum Gasteiger partial charge on any atom is 0.262 e. The first-order valence-corrected chi connectivity index (χ1v) is 14.6. The molecule has 0 radical (unpaired) electrons. The number of fused-ring (bicyclic) bond motifs is 2. The van der Waals surface area contributed by atoms with Crippen LogP contribution in [0.1, 0.15) is 40.9 Å². The van der Waals surface area contributed by atoms with Gasteiger partial charge >= 0.3 is 0 Å². The summed E-state index contributed by atoms with van der Waals surface area (Å²) >= 11 is 0. The maximum absolute atomic E-state index is 13.7. The second-order valence-electron chi connectivity index (χ2n) is 9.28. The minimum atomic E-state index is -3.91. The molecule has 0 atom stereocenters. The van der Waals surface area contributed by atoms with Crippen molar-refractivity contribution in [3.8, 4) is 11.5 Å². The zero-order chi connectivity index (χ0) is 28.3. The van der Waals surface area contributed by atoms with Gasteiger partial charge in [-0.1, -0.05) is 42.5 Å². The minimum Gasteiger partial charge on any atom is -0.493 e. The van der Waals surface area contributed by atoms with E-state index in [2.05, 4.69) is 9.71 Å². The standard InChI is InChI=1S/C30H29N3O6S/c1-3-38-28-23-11-8-16-31-27(23)29(39-4-2)26-24(28)18-33(30(26)35)22-14-12-21(13-15-22)19-40(36,37)32-25(34)17-20-9-6-5-7-10-20/h5-16H,3-4,17-19H2,1-2H3,(H,32,34). The number of pyridine rings is 1. The molecule has 5 rings (SSSR count). The first-order valence-electron chi connectivity index (χ1n) is 13.0. The molecule has 206 valence electrons. The lowest BCUT2D eigenvalue weighted by molar-refractivity contribution is -0.118. The molecule has 0 fully saturated rings. The Morgan fingerprint density at radius 3 is 2.33 bits per heavy atom. The molecule has 1 N–H and O–H groups in total. The zero-order valence-corrected chi connectivity index (χ0v) is 23.0. The Morgan fingerprint density at radius 1 is 0.925 bits per heavy atom. The van der Waals surface area contributed by atoms with E-state index in [0.717, 1.165) is 16.5 Å². The lowest BCUT2D eigenvalue weighted by Gasteiger charge is -2.16. The number of aromatic nitrogens is 1. The Kier molecular flexibility index (Phi) is 7.70. The summed E-state index contributed by atoms with van der Waals surface area (Å²) in [5.74, 6) is -0.185. The van der Waals surface area contributed by atoms with E-state index >= 15 is 0 Å². The number of hydrogen-bond acceptors (Lipinski definition) is 7. The summed E-state index contributed by atoms with van der Waals surface area (Å²) in [6.07, 6.45) is 1.62. The number of sulfonamides is 1. The van der Waals surface area contributed by atoms with Gasteiger partial charge in [0.25, 0.3) is 5.91 Å². The molecular formula is C30H29N3O6S. The first-order chi connectivity index (χ1) is 19.3. The van der Waals surface area contributed by atoms with E-state index in [1.165, 1.54) is 0 Å². The van der Waals surface area contributed by atoms with Crippen LogP contribution in [0.2, 0.25) is 0 Å². The molecule has 40 heavy (non-hydrogen) atoms. The van der Waals surface area contributed by atoms with Gasteiger partial charge in [-0.05, 0) is 49.2 Å². The number of nitrogens with zero attached hydrogens (tertiary/aromatic N) is 2. The smallest absolute Gasteiger partial charge is 0.262 e. The molecule has 9 nitrogen and oxygen atoms in total. The Hall–Kier alpha value is -4.44. The predicted octanol–water partition coefficient (Wildman–Crippen LogP) is 4.38. The van der Waals surface area contributed by atoms with Crippen LogP contribution in [0.4, 0.5) is 5.69 Å². The van der Waals surface area contributed by atoms with Gasteiger partial charge in [0.1, 0.15) is 11.3 Å². The van der Waals surface area contributed by atoms with E-state index in [1.54, 1.807) is 59.6 Å². The normalized spacial score (nSPS) is 12.8. The molecule has 0 unspecified atom stereocenters. The van der Waals surface area contributed by atoms with Crippen LogP contribution in [-0.4, -0.2) is 38.4 Å². The van der Waals surface area contributed by atoms with Crippen LogP contribution in [0, 0.1) is 0 Å². The number of carbonyl (C=O) groups is 2. The molecule has 0 saturated carbocycles. The van der Waals surface area contributed by atoms with Crippen molar-refractivity contribution in [3.05, 3.63) is 95.2 Å². The molecule has 1 aliphatic heterocycles. The van der Waals surface area contributed by atoms with Gasteiger partial charge < -0.3 is 14.4 Å². The summed E-state index contributed by atoms with van der Waals surface area (Å²) in [4.78, 5) is 32.0. The van der Waals surface area contributed by atoms with Crippen LogP contribution < -0.4 is 19.1 Å². The number of amides is 2. The molecule has 0 spiro atoms. The number of nitrogens with one attached hydrogen (secondary N) is 1. The summed E-state index contributed by atoms with van der Waals surface area (Å²) < 4.78 is 39.3. The first kappa shape index (κ1) is 27.1. The minimum absolute atomic E-state index is 0.0331. The second-order valence-corrected chi connectivity index (χ2v) is 11.0. The summed E-state index contributed by atoms with van der Waals surface area (Å²) in [6.45, 7) is 4.79. The molecule has 3 aromatic carbocycles. The average molecular weight is 560 g/mol. The van der Waals surface area contributed by atoms with E-state index in [4.69, 9.17) is 9.47 Å². The van der Waals surface area contributed by atoms with Crippen molar-refractivity contribution >= 4 is 38.4 Å². The zero-order valence-electron chi connectivity index (χ0n) is 22.2. The quantitative estimate of drug-likeness (QED) is 0.307. The number of carbonyl (C=O) groups excluding carboxylic acids is 2. The van der Waals surface area contributed by atoms with Crippen LogP contribution in [0.25, 0.3) is 10.9 Å². The third-order valence-corrected chi connectivity index (χ3v) is 7.76. The highest BCUT2D eigenvalue weighted by atomic mass is 32.2. The monoisotopic (exact) mass is 559 g/mol. The number of ether oxygens (including phenoxy) is 2. The Labute approximate surface area is 232 Å². The van der Waals surface area contributed by atoms with Crippen molar-refractivity contribution < 1.29 is 27.5 Å². The second kappa shape index (κ2) is 11.4. The molecule has 0 saturated heterocycles. The van der Waals surface area contributed by atoms with Gasteiger partial charge in [-0.2, -0.15) is 0 Å². The molecule has 0 bridgehead atoms. The van der Waals surface area contributed by atoms with Crippen LogP contribution in [-0.2, 0) is 33.5 Å². The fourth-order valence-corrected chi connectivity index (χ4v) is 5.99. The van der Waals surface area contributed by atoms with Crippen LogP contribution >= 0.6 is 0 Å². The topological polar surface area (TPSA) is 115 Å². The molecule has 0 aliphatic carbocycles. The van der Waals surface area contributed by atoms with E-state index in [-0.39, 0.29) is 24.6 Å². The molecule has 10 heteroatoms. The lowest BCUT2D eigenvalue weighted by Crippen LogP contribution is -2.32. The van der Waals surface area contributed by atoms with Crippen LogP contribution in [0.5, 0.6) is 11.5 Å². The summed E-state index contributed by atoms with van der Waals surface area (Å²) in [5.41, 5.74) is 3.51. The lowest BCUT2D eigenvalue weighted by atomic mass is 10.0. The van der Waals surface area contributed by atoms with Gasteiger partial charge in [-0.25, -0.2) is 8.42 Å². The van der Waals surface area contributed by atoms with E-state index in [1.807, 2.05) is 32.0 Å².